The van der Waals surface area contributed by atoms with E-state index in [0.29, 0.717) is 29.2 Å². The monoisotopic (exact) mass is 431 g/mol. The zero-order valence-electron chi connectivity index (χ0n) is 18.7. The lowest BCUT2D eigenvalue weighted by Gasteiger charge is -2.26. The minimum atomic E-state index is -0.316. The van der Waals surface area contributed by atoms with Gasteiger partial charge in [-0.2, -0.15) is 0 Å². The lowest BCUT2D eigenvalue weighted by atomic mass is 10.2. The minimum absolute atomic E-state index is 0.0829. The molecule has 1 aromatic heterocycles. The first-order valence-electron chi connectivity index (χ1n) is 10.2. The number of thiazole rings is 1. The number of likely N-dealkylation sites (N-methyl/N-ethyl adjacent to an activating group) is 1. The largest absolute Gasteiger partial charge is 0.462 e. The second-order valence-corrected chi connectivity index (χ2v) is 8.29. The van der Waals surface area contributed by atoms with E-state index < -0.39 is 0 Å². The molecule has 0 spiro atoms. The number of guanidine groups is 1. The highest BCUT2D eigenvalue weighted by Gasteiger charge is 2.20. The lowest BCUT2D eigenvalue weighted by molar-refractivity contribution is 0.0531. The second kappa shape index (κ2) is 11.7. The molecule has 2 N–H and O–H groups in total. The van der Waals surface area contributed by atoms with Crippen LogP contribution in [-0.2, 0) is 11.3 Å². The summed E-state index contributed by atoms with van der Waals surface area (Å²) in [6.07, 6.45) is 0. The van der Waals surface area contributed by atoms with Gasteiger partial charge < -0.3 is 15.4 Å². The Morgan fingerprint density at radius 3 is 2.63 bits per heavy atom. The molecule has 1 heterocycles. The number of aromatic nitrogens is 1. The van der Waals surface area contributed by atoms with Gasteiger partial charge in [0.25, 0.3) is 0 Å². The summed E-state index contributed by atoms with van der Waals surface area (Å²) in [7, 11) is 3.87. The van der Waals surface area contributed by atoms with Crippen LogP contribution >= 0.6 is 11.3 Å². The molecule has 0 saturated carbocycles. The van der Waals surface area contributed by atoms with Crippen LogP contribution in [0.3, 0.4) is 0 Å². The zero-order chi connectivity index (χ0) is 22.1. The predicted molar refractivity (Wildman–Crippen MR) is 123 cm³/mol. The van der Waals surface area contributed by atoms with E-state index >= 15 is 0 Å². The second-order valence-electron chi connectivity index (χ2n) is 7.26. The molecule has 7 nitrogen and oxygen atoms in total. The molecular weight excluding hydrogens is 398 g/mol. The first-order valence-corrected chi connectivity index (χ1v) is 11.0. The highest BCUT2D eigenvalue weighted by atomic mass is 32.1. The average Bonchev–Trinajstić information content (AvgIpc) is 3.13. The number of hydrogen-bond acceptors (Lipinski definition) is 6. The summed E-state index contributed by atoms with van der Waals surface area (Å²) in [5.41, 5.74) is 1.99. The third kappa shape index (κ3) is 6.81. The van der Waals surface area contributed by atoms with E-state index in [0.717, 1.165) is 18.1 Å². The van der Waals surface area contributed by atoms with Crippen molar-refractivity contribution in [2.45, 2.75) is 46.3 Å². The van der Waals surface area contributed by atoms with Crippen molar-refractivity contribution in [3.8, 4) is 0 Å². The van der Waals surface area contributed by atoms with Gasteiger partial charge in [-0.15, -0.1) is 11.3 Å². The molecule has 0 aliphatic carbocycles. The Balaban J connectivity index is 1.89. The van der Waals surface area contributed by atoms with Crippen molar-refractivity contribution >= 4 is 23.3 Å². The summed E-state index contributed by atoms with van der Waals surface area (Å²) >= 11 is 1.36. The van der Waals surface area contributed by atoms with E-state index in [1.165, 1.54) is 16.9 Å². The molecule has 0 amide bonds. The van der Waals surface area contributed by atoms with E-state index in [1.807, 2.05) is 19.9 Å². The number of aryl methyl sites for hydroxylation is 1. The highest BCUT2D eigenvalue weighted by Crippen LogP contribution is 2.24. The molecule has 0 radical (unpaired) electrons. The fourth-order valence-corrected chi connectivity index (χ4v) is 3.84. The molecule has 1 aromatic carbocycles. The molecule has 0 aliphatic heterocycles. The maximum absolute atomic E-state index is 12.0. The molecule has 0 bridgehead atoms. The van der Waals surface area contributed by atoms with Crippen LogP contribution in [-0.4, -0.2) is 55.1 Å². The molecule has 2 aromatic rings. The number of carbonyl (C=O) groups is 1. The zero-order valence-corrected chi connectivity index (χ0v) is 19.5. The lowest BCUT2D eigenvalue weighted by Crippen LogP contribution is -2.45. The summed E-state index contributed by atoms with van der Waals surface area (Å²) in [5, 5.41) is 7.56. The van der Waals surface area contributed by atoms with Crippen LogP contribution in [0.4, 0.5) is 0 Å². The van der Waals surface area contributed by atoms with E-state index in [2.05, 4.69) is 63.7 Å². The molecule has 8 heteroatoms. The molecule has 2 rings (SSSR count). The molecule has 2 atom stereocenters. The van der Waals surface area contributed by atoms with Crippen molar-refractivity contribution in [3.63, 3.8) is 0 Å². The van der Waals surface area contributed by atoms with Gasteiger partial charge >= 0.3 is 5.97 Å². The Bertz CT molecular complexity index is 837. The van der Waals surface area contributed by atoms with Crippen molar-refractivity contribution < 1.29 is 9.53 Å². The molecule has 0 fully saturated rings. The van der Waals surface area contributed by atoms with E-state index in [1.54, 1.807) is 14.0 Å². The number of esters is 1. The van der Waals surface area contributed by atoms with Gasteiger partial charge in [-0.1, -0.05) is 30.3 Å². The number of nitrogens with zero attached hydrogens (tertiary/aromatic N) is 3. The Morgan fingerprint density at radius 1 is 1.30 bits per heavy atom. The van der Waals surface area contributed by atoms with Crippen LogP contribution in [0, 0.1) is 6.92 Å². The molecule has 0 saturated heterocycles. The summed E-state index contributed by atoms with van der Waals surface area (Å²) in [6, 6.07) is 10.7. The molecule has 0 aliphatic rings. The fourth-order valence-electron chi connectivity index (χ4n) is 2.88. The van der Waals surface area contributed by atoms with Gasteiger partial charge in [-0.25, -0.2) is 9.78 Å². The van der Waals surface area contributed by atoms with Gasteiger partial charge in [0, 0.05) is 26.2 Å². The predicted octanol–water partition coefficient (Wildman–Crippen LogP) is 3.37. The summed E-state index contributed by atoms with van der Waals surface area (Å²) in [6.45, 7) is 9.81. The standard InChI is InChI=1S/C22H33N5O2S/c1-7-29-21(28)19-16(3)25-20(30-19)17(4)26-22(23-5)24-13-15(2)27(6)14-18-11-9-8-10-12-18/h8-12,15,17H,7,13-14H2,1-6H3,(H2,23,24,26). The molecular formula is C22H33N5O2S. The number of benzene rings is 1. The quantitative estimate of drug-likeness (QED) is 0.360. The van der Waals surface area contributed by atoms with Gasteiger partial charge in [0.15, 0.2) is 5.96 Å². The average molecular weight is 432 g/mol. The number of hydrogen-bond donors (Lipinski definition) is 2. The Kier molecular flexibility index (Phi) is 9.26. The molecule has 30 heavy (non-hydrogen) atoms. The summed E-state index contributed by atoms with van der Waals surface area (Å²) < 4.78 is 5.10. The number of ether oxygens (including phenoxy) is 1. The maximum Gasteiger partial charge on any atom is 0.350 e. The van der Waals surface area contributed by atoms with Gasteiger partial charge in [0.1, 0.15) is 9.88 Å². The summed E-state index contributed by atoms with van der Waals surface area (Å²) in [4.78, 5) is 23.8. The first-order chi connectivity index (χ1) is 14.3. The van der Waals surface area contributed by atoms with Crippen molar-refractivity contribution in [1.29, 1.82) is 0 Å². The Labute approximate surface area is 183 Å². The van der Waals surface area contributed by atoms with Crippen molar-refractivity contribution in [3.05, 3.63) is 51.5 Å². The van der Waals surface area contributed by atoms with Crippen LogP contribution in [0.5, 0.6) is 0 Å². The van der Waals surface area contributed by atoms with Gasteiger partial charge in [0.05, 0.1) is 18.3 Å². The van der Waals surface area contributed by atoms with E-state index in [4.69, 9.17) is 4.74 Å². The third-order valence-electron chi connectivity index (χ3n) is 4.81. The van der Waals surface area contributed by atoms with Crippen LogP contribution in [0.2, 0.25) is 0 Å². The van der Waals surface area contributed by atoms with E-state index in [9.17, 15) is 4.79 Å². The number of rotatable bonds is 9. The third-order valence-corrected chi connectivity index (χ3v) is 6.13. The minimum Gasteiger partial charge on any atom is -0.462 e. The SMILES string of the molecule is CCOC(=O)c1sc(C(C)NC(=NC)NCC(C)N(C)Cc2ccccc2)nc1C. The van der Waals surface area contributed by atoms with Gasteiger partial charge in [-0.3, -0.25) is 9.89 Å². The first kappa shape index (κ1) is 23.8. The highest BCUT2D eigenvalue weighted by molar-refractivity contribution is 7.13. The van der Waals surface area contributed by atoms with Crippen LogP contribution in [0.1, 0.15) is 52.7 Å². The summed E-state index contributed by atoms with van der Waals surface area (Å²) in [5.74, 6) is 0.386. The number of carbonyl (C=O) groups excluding carboxylic acids is 1. The maximum atomic E-state index is 12.0. The Hall–Kier alpha value is -2.45. The van der Waals surface area contributed by atoms with Gasteiger partial charge in [0.2, 0.25) is 0 Å². The van der Waals surface area contributed by atoms with Crippen molar-refractivity contribution in [2.75, 3.05) is 27.2 Å². The number of nitrogens with one attached hydrogen (secondary N) is 2. The normalized spacial score (nSPS) is 13.8. The molecule has 2 unspecified atom stereocenters. The topological polar surface area (TPSA) is 78.8 Å². The smallest absolute Gasteiger partial charge is 0.350 e. The molecule has 164 valence electrons. The van der Waals surface area contributed by atoms with Crippen LogP contribution < -0.4 is 10.6 Å². The Morgan fingerprint density at radius 2 is 2.00 bits per heavy atom. The van der Waals surface area contributed by atoms with Crippen LogP contribution in [0.25, 0.3) is 0 Å². The fraction of sp³-hybridized carbons (Fsp3) is 0.500. The van der Waals surface area contributed by atoms with Gasteiger partial charge in [-0.05, 0) is 40.3 Å². The van der Waals surface area contributed by atoms with Crippen molar-refractivity contribution in [1.82, 2.24) is 20.5 Å². The van der Waals surface area contributed by atoms with Crippen molar-refractivity contribution in [2.24, 2.45) is 4.99 Å². The van der Waals surface area contributed by atoms with Crippen LogP contribution in [0.15, 0.2) is 35.3 Å². The van der Waals surface area contributed by atoms with E-state index in [-0.39, 0.29) is 12.0 Å². The number of aliphatic imine (C=N–C) groups is 1.